The second-order valence-corrected chi connectivity index (χ2v) is 3.74. The number of hydrogen-bond donors (Lipinski definition) is 3. The largest absolute Gasteiger partial charge is 0.444 e. The van der Waals surface area contributed by atoms with Gasteiger partial charge in [-0.1, -0.05) is 0 Å². The highest BCUT2D eigenvalue weighted by Gasteiger charge is 2.03. The molecular formula is C10H25N2O4+. The monoisotopic (exact) mass is 237 g/mol. The van der Waals surface area contributed by atoms with Gasteiger partial charge in [0.15, 0.2) is 6.61 Å². The Morgan fingerprint density at radius 3 is 2.56 bits per heavy atom. The number of nitrogens with one attached hydrogen (secondary N) is 2. The van der Waals surface area contributed by atoms with Crippen LogP contribution in [0.3, 0.4) is 0 Å². The van der Waals surface area contributed by atoms with E-state index < -0.39 is 0 Å². The zero-order valence-corrected chi connectivity index (χ0v) is 10.2. The molecule has 98 valence electrons. The van der Waals surface area contributed by atoms with Gasteiger partial charge in [0.2, 0.25) is 0 Å². The third-order valence-electron chi connectivity index (χ3n) is 1.77. The molecule has 0 fully saturated rings. The molecule has 0 saturated heterocycles. The minimum Gasteiger partial charge on any atom is -0.444 e. The summed E-state index contributed by atoms with van der Waals surface area (Å²) >= 11 is 0. The first-order chi connectivity index (χ1) is 7.66. The fourth-order valence-corrected chi connectivity index (χ4v) is 1.02. The lowest BCUT2D eigenvalue weighted by atomic mass is 10.3. The van der Waals surface area contributed by atoms with Crippen LogP contribution in [0.4, 0.5) is 0 Å². The molecule has 0 aliphatic carbocycles. The number of rotatable bonds is 11. The molecule has 0 aliphatic heterocycles. The standard InChI is InChI=1S/C10H24N2O4/c1-9(14)7-12-8-10(2)16-15-6-4-11-3-5-13/h9-14H,3-8H2,1-2H3/p+1. The maximum Gasteiger partial charge on any atom is 0.156 e. The Hall–Kier alpha value is -0.240. The zero-order chi connectivity index (χ0) is 12.2. The lowest BCUT2D eigenvalue weighted by Crippen LogP contribution is -2.32. The van der Waals surface area contributed by atoms with Crippen LogP contribution in [0.1, 0.15) is 13.8 Å². The third kappa shape index (κ3) is 11.8. The average molecular weight is 237 g/mol. The van der Waals surface area contributed by atoms with Gasteiger partial charge in [-0.15, -0.1) is 0 Å². The Morgan fingerprint density at radius 2 is 1.94 bits per heavy atom. The summed E-state index contributed by atoms with van der Waals surface area (Å²) in [5, 5.41) is 22.0. The summed E-state index contributed by atoms with van der Waals surface area (Å²) in [4.78, 5) is 10.0. The molecule has 0 amide bonds. The van der Waals surface area contributed by atoms with Crippen molar-refractivity contribution in [3.05, 3.63) is 0 Å². The molecule has 0 saturated carbocycles. The van der Waals surface area contributed by atoms with Crippen molar-refractivity contribution in [3.63, 3.8) is 0 Å². The quantitative estimate of drug-likeness (QED) is 0.178. The van der Waals surface area contributed by atoms with Crippen molar-refractivity contribution in [1.29, 1.82) is 0 Å². The van der Waals surface area contributed by atoms with Gasteiger partial charge in [-0.05, 0) is 13.8 Å². The Bertz CT molecular complexity index is 147. The smallest absolute Gasteiger partial charge is 0.156 e. The van der Waals surface area contributed by atoms with Gasteiger partial charge < -0.3 is 20.8 Å². The van der Waals surface area contributed by atoms with E-state index in [1.807, 2.05) is 6.92 Å². The molecule has 6 nitrogen and oxygen atoms in total. The highest BCUT2D eigenvalue weighted by Crippen LogP contribution is 1.89. The van der Waals surface area contributed by atoms with Gasteiger partial charge in [0.05, 0.1) is 19.3 Å². The predicted molar refractivity (Wildman–Crippen MR) is 62.4 cm³/mol. The van der Waals surface area contributed by atoms with Crippen LogP contribution in [0.2, 0.25) is 0 Å². The van der Waals surface area contributed by atoms with Crippen LogP contribution in [0, 0.1) is 0 Å². The molecule has 0 radical (unpaired) electrons. The van der Waals surface area contributed by atoms with Gasteiger partial charge in [-0.25, -0.2) is 9.78 Å². The third-order valence-corrected chi connectivity index (χ3v) is 1.77. The molecule has 5 N–H and O–H groups in total. The zero-order valence-electron chi connectivity index (χ0n) is 10.2. The fourth-order valence-electron chi connectivity index (χ4n) is 1.02. The van der Waals surface area contributed by atoms with Crippen molar-refractivity contribution in [2.24, 2.45) is 0 Å². The van der Waals surface area contributed by atoms with Crippen LogP contribution >= 0.6 is 0 Å². The molecule has 0 aliphatic rings. The Morgan fingerprint density at radius 1 is 1.19 bits per heavy atom. The van der Waals surface area contributed by atoms with E-state index in [4.69, 9.17) is 20.0 Å². The van der Waals surface area contributed by atoms with Crippen LogP contribution in [0.15, 0.2) is 0 Å². The van der Waals surface area contributed by atoms with Crippen LogP contribution in [0.25, 0.3) is 0 Å². The number of aliphatic hydroxyl groups excluding tert-OH is 1. The van der Waals surface area contributed by atoms with E-state index >= 15 is 0 Å². The van der Waals surface area contributed by atoms with E-state index in [-0.39, 0.29) is 12.2 Å². The Balaban J connectivity index is 3.14. The van der Waals surface area contributed by atoms with E-state index in [9.17, 15) is 0 Å². The summed E-state index contributed by atoms with van der Waals surface area (Å²) < 4.78 is 0. The first-order valence-corrected chi connectivity index (χ1v) is 5.69. The van der Waals surface area contributed by atoms with Crippen molar-refractivity contribution in [2.45, 2.75) is 26.1 Å². The summed E-state index contributed by atoms with van der Waals surface area (Å²) in [5.74, 6) is 0. The SMILES string of the molecule is CC(O)CNCC(C)OOCCNCC[OH2+]. The van der Waals surface area contributed by atoms with Gasteiger partial charge in [0, 0.05) is 19.6 Å². The highest BCUT2D eigenvalue weighted by molar-refractivity contribution is 4.56. The van der Waals surface area contributed by atoms with Gasteiger partial charge in [0.1, 0.15) is 6.10 Å². The molecule has 16 heavy (non-hydrogen) atoms. The molecule has 0 heterocycles. The summed E-state index contributed by atoms with van der Waals surface area (Å²) in [6.45, 7) is 7.03. The van der Waals surface area contributed by atoms with Gasteiger partial charge in [0.25, 0.3) is 0 Å². The molecule has 6 heteroatoms. The maximum atomic E-state index is 9.00. The Kier molecular flexibility index (Phi) is 11.1. The molecule has 0 aromatic rings. The normalized spacial score (nSPS) is 15.0. The van der Waals surface area contributed by atoms with E-state index in [1.54, 1.807) is 6.92 Å². The van der Waals surface area contributed by atoms with Crippen LogP contribution in [0.5, 0.6) is 0 Å². The molecule has 0 bridgehead atoms. The van der Waals surface area contributed by atoms with Crippen molar-refractivity contribution < 1.29 is 20.0 Å². The van der Waals surface area contributed by atoms with Gasteiger partial charge in [-0.2, -0.15) is 0 Å². The molecule has 2 unspecified atom stereocenters. The van der Waals surface area contributed by atoms with Crippen molar-refractivity contribution in [2.75, 3.05) is 39.4 Å². The van der Waals surface area contributed by atoms with Crippen molar-refractivity contribution >= 4 is 0 Å². The first kappa shape index (κ1) is 15.8. The summed E-state index contributed by atoms with van der Waals surface area (Å²) in [6, 6.07) is 0. The highest BCUT2D eigenvalue weighted by atomic mass is 17.2. The lowest BCUT2D eigenvalue weighted by Gasteiger charge is -2.13. The van der Waals surface area contributed by atoms with E-state index in [2.05, 4.69) is 10.6 Å². The van der Waals surface area contributed by atoms with Crippen LogP contribution < -0.4 is 10.6 Å². The molecule has 2 atom stereocenters. The van der Waals surface area contributed by atoms with E-state index in [1.165, 1.54) is 0 Å². The van der Waals surface area contributed by atoms with Crippen LogP contribution in [-0.2, 0) is 9.78 Å². The summed E-state index contributed by atoms with van der Waals surface area (Å²) in [6.07, 6.45) is -0.392. The number of hydrogen-bond acceptors (Lipinski definition) is 5. The van der Waals surface area contributed by atoms with E-state index in [0.717, 1.165) is 0 Å². The second kappa shape index (κ2) is 11.3. The molecule has 0 aromatic heterocycles. The molecule has 0 aromatic carbocycles. The average Bonchev–Trinajstić information content (AvgIpc) is 2.22. The number of aliphatic hydroxyl groups is 1. The summed E-state index contributed by atoms with van der Waals surface area (Å²) in [7, 11) is 0. The van der Waals surface area contributed by atoms with Gasteiger partial charge in [-0.3, -0.25) is 0 Å². The lowest BCUT2D eigenvalue weighted by molar-refractivity contribution is -0.317. The van der Waals surface area contributed by atoms with Crippen molar-refractivity contribution in [1.82, 2.24) is 10.6 Å². The fraction of sp³-hybridized carbons (Fsp3) is 1.00. The van der Waals surface area contributed by atoms with Gasteiger partial charge >= 0.3 is 0 Å². The molecule has 0 spiro atoms. The molecular weight excluding hydrogens is 212 g/mol. The predicted octanol–water partition coefficient (Wildman–Crippen LogP) is -1.39. The minimum atomic E-state index is -0.345. The topological polar surface area (TPSA) is 85.7 Å². The molecule has 0 rings (SSSR count). The maximum absolute atomic E-state index is 9.00. The summed E-state index contributed by atoms with van der Waals surface area (Å²) in [5.41, 5.74) is 0. The Labute approximate surface area is 96.9 Å². The van der Waals surface area contributed by atoms with Crippen molar-refractivity contribution in [3.8, 4) is 0 Å². The second-order valence-electron chi connectivity index (χ2n) is 3.74. The van der Waals surface area contributed by atoms with E-state index in [0.29, 0.717) is 39.4 Å². The first-order valence-electron chi connectivity index (χ1n) is 5.69. The van der Waals surface area contributed by atoms with Crippen LogP contribution in [-0.4, -0.2) is 61.8 Å². The minimum absolute atomic E-state index is 0.0464.